The van der Waals surface area contributed by atoms with Gasteiger partial charge in [0.05, 0.1) is 6.61 Å². The zero-order valence-electron chi connectivity index (χ0n) is 15.8. The Balaban J connectivity index is 1.81. The summed E-state index contributed by atoms with van der Waals surface area (Å²) < 4.78 is 11.6. The van der Waals surface area contributed by atoms with Crippen molar-refractivity contribution in [3.05, 3.63) is 12.0 Å². The van der Waals surface area contributed by atoms with E-state index in [-0.39, 0.29) is 30.3 Å². The maximum absolute atomic E-state index is 12.3. The van der Waals surface area contributed by atoms with E-state index in [0.29, 0.717) is 18.7 Å². The summed E-state index contributed by atoms with van der Waals surface area (Å²) >= 11 is 0. The van der Waals surface area contributed by atoms with Crippen molar-refractivity contribution in [3.8, 4) is 0 Å². The van der Waals surface area contributed by atoms with Gasteiger partial charge in [0.15, 0.2) is 5.82 Å². The molecule has 2 rings (SSSR count). The number of nitrogens with one attached hydrogen (secondary N) is 2. The van der Waals surface area contributed by atoms with Crippen LogP contribution in [0.15, 0.2) is 6.20 Å². The van der Waals surface area contributed by atoms with Gasteiger partial charge in [-0.25, -0.2) is 14.6 Å². The molecule has 1 aliphatic carbocycles. The van der Waals surface area contributed by atoms with E-state index in [4.69, 9.17) is 9.47 Å². The number of imidazole rings is 1. The molecular weight excluding hydrogens is 340 g/mol. The number of aromatic nitrogens is 2. The average molecular weight is 366 g/mol. The molecule has 26 heavy (non-hydrogen) atoms. The Labute approximate surface area is 152 Å². The van der Waals surface area contributed by atoms with Crippen LogP contribution in [0, 0.1) is 5.92 Å². The van der Waals surface area contributed by atoms with Crippen molar-refractivity contribution in [1.29, 1.82) is 0 Å². The molecule has 0 spiro atoms. The topological polar surface area (TPSA) is 112 Å². The van der Waals surface area contributed by atoms with Crippen molar-refractivity contribution in [2.24, 2.45) is 13.0 Å². The van der Waals surface area contributed by atoms with Gasteiger partial charge in [0, 0.05) is 25.2 Å². The Hall–Kier alpha value is -2.58. The Morgan fingerprint density at radius 3 is 2.54 bits per heavy atom. The molecule has 0 saturated heterocycles. The quantitative estimate of drug-likeness (QED) is 0.769. The first kappa shape index (κ1) is 19.7. The Bertz CT molecular complexity index is 686. The molecule has 0 aromatic carbocycles. The summed E-state index contributed by atoms with van der Waals surface area (Å²) in [6.45, 7) is 7.34. The van der Waals surface area contributed by atoms with Gasteiger partial charge < -0.3 is 24.7 Å². The van der Waals surface area contributed by atoms with Gasteiger partial charge in [-0.2, -0.15) is 0 Å². The Morgan fingerprint density at radius 2 is 1.96 bits per heavy atom. The highest BCUT2D eigenvalue weighted by Gasteiger charge is 2.36. The first-order chi connectivity index (χ1) is 12.1. The zero-order valence-corrected chi connectivity index (χ0v) is 15.8. The van der Waals surface area contributed by atoms with E-state index in [0.717, 1.165) is 0 Å². The number of hydrogen-bond acceptors (Lipinski definition) is 6. The number of ether oxygens (including phenoxy) is 2. The van der Waals surface area contributed by atoms with Gasteiger partial charge in [-0.15, -0.1) is 0 Å². The van der Waals surface area contributed by atoms with E-state index in [1.165, 1.54) is 4.57 Å². The van der Waals surface area contributed by atoms with Gasteiger partial charge in [-0.05, 0) is 40.5 Å². The molecule has 9 nitrogen and oxygen atoms in total. The van der Waals surface area contributed by atoms with Crippen LogP contribution in [0.25, 0.3) is 0 Å². The van der Waals surface area contributed by atoms with Crippen LogP contribution in [0.3, 0.4) is 0 Å². The average Bonchev–Trinajstić information content (AvgIpc) is 2.81. The van der Waals surface area contributed by atoms with E-state index in [1.54, 1.807) is 40.9 Å². The highest BCUT2D eigenvalue weighted by Crippen LogP contribution is 2.29. The van der Waals surface area contributed by atoms with Crippen molar-refractivity contribution in [1.82, 2.24) is 14.9 Å². The van der Waals surface area contributed by atoms with Crippen molar-refractivity contribution in [2.45, 2.75) is 52.2 Å². The molecule has 1 fully saturated rings. The number of amides is 2. The van der Waals surface area contributed by atoms with E-state index < -0.39 is 17.7 Å². The molecule has 0 atom stereocenters. The summed E-state index contributed by atoms with van der Waals surface area (Å²) in [7, 11) is 1.65. The molecular formula is C17H26N4O5. The minimum absolute atomic E-state index is 0.0839. The molecule has 1 aromatic heterocycles. The number of carbonyl (C=O) groups is 3. The van der Waals surface area contributed by atoms with E-state index in [1.807, 2.05) is 0 Å². The largest absolute Gasteiger partial charge is 0.460 e. The highest BCUT2D eigenvalue weighted by atomic mass is 16.6. The molecule has 1 heterocycles. The van der Waals surface area contributed by atoms with Crippen LogP contribution in [0.1, 0.15) is 51.2 Å². The lowest BCUT2D eigenvalue weighted by Gasteiger charge is -2.34. The summed E-state index contributed by atoms with van der Waals surface area (Å²) in [4.78, 5) is 39.8. The normalized spacial score (nSPS) is 19.3. The van der Waals surface area contributed by atoms with Gasteiger partial charge in [0.25, 0.3) is 0 Å². The standard InChI is InChI=1S/C17H26N4O5/c1-6-25-15(23)13-19-12(9-21(13)5)20-14(22)10-7-11(8-10)18-16(24)26-17(2,3)4/h9-11H,6-8H2,1-5H3,(H,18,24)(H,20,22)/t10-,11-. The van der Waals surface area contributed by atoms with E-state index >= 15 is 0 Å². The predicted molar refractivity (Wildman–Crippen MR) is 93.7 cm³/mol. The number of aryl methyl sites for hydroxylation is 1. The third-order valence-electron chi connectivity index (χ3n) is 3.82. The summed E-state index contributed by atoms with van der Waals surface area (Å²) in [5.41, 5.74) is -0.555. The molecule has 1 aromatic rings. The van der Waals surface area contributed by atoms with Crippen LogP contribution >= 0.6 is 0 Å². The van der Waals surface area contributed by atoms with Crippen molar-refractivity contribution in [2.75, 3.05) is 11.9 Å². The molecule has 0 radical (unpaired) electrons. The maximum Gasteiger partial charge on any atom is 0.407 e. The molecule has 9 heteroatoms. The Kier molecular flexibility index (Phi) is 5.89. The van der Waals surface area contributed by atoms with Crippen LogP contribution < -0.4 is 10.6 Å². The summed E-state index contributed by atoms with van der Waals surface area (Å²) in [6, 6.07) is -0.0839. The molecule has 144 valence electrons. The summed E-state index contributed by atoms with van der Waals surface area (Å²) in [6.07, 6.45) is 2.13. The molecule has 2 N–H and O–H groups in total. The lowest BCUT2D eigenvalue weighted by molar-refractivity contribution is -0.123. The number of anilines is 1. The number of rotatable bonds is 5. The van der Waals surface area contributed by atoms with Crippen LogP contribution in [0.2, 0.25) is 0 Å². The van der Waals surface area contributed by atoms with Crippen LogP contribution in [-0.4, -0.2) is 45.8 Å². The van der Waals surface area contributed by atoms with Gasteiger partial charge >= 0.3 is 12.1 Å². The number of hydrogen-bond donors (Lipinski definition) is 2. The lowest BCUT2D eigenvalue weighted by atomic mass is 9.79. The minimum atomic E-state index is -0.555. The second kappa shape index (κ2) is 7.76. The van der Waals surface area contributed by atoms with Gasteiger partial charge in [-0.3, -0.25) is 4.79 Å². The first-order valence-electron chi connectivity index (χ1n) is 8.60. The third kappa shape index (κ3) is 5.21. The molecule has 1 saturated carbocycles. The van der Waals surface area contributed by atoms with Gasteiger partial charge in [-0.1, -0.05) is 0 Å². The zero-order chi connectivity index (χ0) is 19.5. The summed E-state index contributed by atoms with van der Waals surface area (Å²) in [5.74, 6) is -0.533. The minimum Gasteiger partial charge on any atom is -0.460 e. The number of carbonyl (C=O) groups excluding carboxylic acids is 3. The SMILES string of the molecule is CCOC(=O)c1nc(NC(=O)[C@H]2C[C@H](NC(=O)OC(C)(C)C)C2)cn1C. The molecule has 0 bridgehead atoms. The number of esters is 1. The van der Waals surface area contributed by atoms with Crippen molar-refractivity contribution >= 4 is 23.8 Å². The first-order valence-corrected chi connectivity index (χ1v) is 8.60. The van der Waals surface area contributed by atoms with E-state index in [9.17, 15) is 14.4 Å². The van der Waals surface area contributed by atoms with Crippen LogP contribution in [-0.2, 0) is 21.3 Å². The Morgan fingerprint density at radius 1 is 1.31 bits per heavy atom. The van der Waals surface area contributed by atoms with E-state index in [2.05, 4.69) is 15.6 Å². The molecule has 2 amide bonds. The van der Waals surface area contributed by atoms with Crippen LogP contribution in [0.4, 0.5) is 10.6 Å². The molecule has 0 aliphatic heterocycles. The lowest BCUT2D eigenvalue weighted by Crippen LogP contribution is -2.49. The number of alkyl carbamates (subject to hydrolysis) is 1. The second-order valence-corrected chi connectivity index (χ2v) is 7.28. The van der Waals surface area contributed by atoms with Gasteiger partial charge in [0.1, 0.15) is 5.60 Å². The van der Waals surface area contributed by atoms with Crippen LogP contribution in [0.5, 0.6) is 0 Å². The molecule has 0 unspecified atom stereocenters. The number of nitrogens with zero attached hydrogens (tertiary/aromatic N) is 2. The fraction of sp³-hybridized carbons (Fsp3) is 0.647. The van der Waals surface area contributed by atoms with Crippen molar-refractivity contribution < 1.29 is 23.9 Å². The smallest absolute Gasteiger partial charge is 0.407 e. The summed E-state index contributed by atoms with van der Waals surface area (Å²) in [5, 5.41) is 5.43. The predicted octanol–water partition coefficient (Wildman–Crippen LogP) is 1.84. The second-order valence-electron chi connectivity index (χ2n) is 7.28. The third-order valence-corrected chi connectivity index (χ3v) is 3.82. The maximum atomic E-state index is 12.3. The molecule has 1 aliphatic rings. The van der Waals surface area contributed by atoms with Crippen molar-refractivity contribution in [3.63, 3.8) is 0 Å². The van der Waals surface area contributed by atoms with Gasteiger partial charge in [0.2, 0.25) is 11.7 Å². The monoisotopic (exact) mass is 366 g/mol. The fourth-order valence-corrected chi connectivity index (χ4v) is 2.56. The fourth-order valence-electron chi connectivity index (χ4n) is 2.56. The highest BCUT2D eigenvalue weighted by molar-refractivity contribution is 5.93.